The van der Waals surface area contributed by atoms with Crippen LogP contribution in [0.4, 0.5) is 6.01 Å². The van der Waals surface area contributed by atoms with Crippen molar-refractivity contribution in [3.05, 3.63) is 36.8 Å². The maximum Gasteiger partial charge on any atom is 0.299 e. The molecule has 1 atom stereocenters. The molecule has 2 aliphatic rings. The highest BCUT2D eigenvalue weighted by molar-refractivity contribution is 5.76. The number of carbonyl (C=O) groups excluding carboxylic acids is 1. The van der Waals surface area contributed by atoms with Crippen LogP contribution in [-0.2, 0) is 11.3 Å². The Balaban J connectivity index is 1.14. The van der Waals surface area contributed by atoms with Crippen LogP contribution >= 0.6 is 0 Å². The van der Waals surface area contributed by atoms with E-state index in [4.69, 9.17) is 4.42 Å². The van der Waals surface area contributed by atoms with E-state index in [0.29, 0.717) is 29.6 Å². The summed E-state index contributed by atoms with van der Waals surface area (Å²) in [5.74, 6) is 0.454. The van der Waals surface area contributed by atoms with Gasteiger partial charge < -0.3 is 14.6 Å². The number of rotatable bonds is 7. The number of amides is 1. The van der Waals surface area contributed by atoms with E-state index in [1.165, 1.54) is 0 Å². The first-order chi connectivity index (χ1) is 14.2. The van der Waals surface area contributed by atoms with Gasteiger partial charge in [-0.3, -0.25) is 9.48 Å². The summed E-state index contributed by atoms with van der Waals surface area (Å²) in [5.41, 5.74) is 1.52. The smallest absolute Gasteiger partial charge is 0.299 e. The van der Waals surface area contributed by atoms with E-state index in [-0.39, 0.29) is 11.3 Å². The Morgan fingerprint density at radius 3 is 3.03 bits per heavy atom. The lowest BCUT2D eigenvalue weighted by molar-refractivity contribution is -0.122. The number of oxazole rings is 1. The van der Waals surface area contributed by atoms with Gasteiger partial charge in [0.15, 0.2) is 5.58 Å². The number of aromatic nitrogens is 4. The lowest BCUT2D eigenvalue weighted by Gasteiger charge is -2.31. The van der Waals surface area contributed by atoms with Crippen LogP contribution in [0, 0.1) is 11.3 Å². The fourth-order valence-corrected chi connectivity index (χ4v) is 4.22. The lowest BCUT2D eigenvalue weighted by Crippen LogP contribution is -2.39. The molecule has 1 N–H and O–H groups in total. The Kier molecular flexibility index (Phi) is 4.69. The summed E-state index contributed by atoms with van der Waals surface area (Å²) in [4.78, 5) is 23.5. The van der Waals surface area contributed by atoms with E-state index in [9.17, 15) is 4.79 Å². The van der Waals surface area contributed by atoms with Crippen molar-refractivity contribution in [2.45, 2.75) is 38.6 Å². The van der Waals surface area contributed by atoms with E-state index in [1.807, 2.05) is 29.1 Å². The molecular formula is C21H26N6O2. The average molecular weight is 394 g/mol. The van der Waals surface area contributed by atoms with Gasteiger partial charge in [-0.05, 0) is 49.8 Å². The second kappa shape index (κ2) is 7.50. The van der Waals surface area contributed by atoms with Crippen molar-refractivity contribution in [1.82, 2.24) is 25.1 Å². The molecule has 29 heavy (non-hydrogen) atoms. The van der Waals surface area contributed by atoms with Gasteiger partial charge in [0.1, 0.15) is 0 Å². The average Bonchev–Trinajstić information content (AvgIpc) is 3.12. The molecule has 1 amide bonds. The van der Waals surface area contributed by atoms with Crippen LogP contribution in [0.2, 0.25) is 0 Å². The van der Waals surface area contributed by atoms with Crippen molar-refractivity contribution >= 4 is 23.2 Å². The van der Waals surface area contributed by atoms with Crippen LogP contribution in [0.3, 0.4) is 0 Å². The Bertz CT molecular complexity index is 945. The molecule has 0 aromatic carbocycles. The predicted molar refractivity (Wildman–Crippen MR) is 108 cm³/mol. The number of hydrogen-bond donors (Lipinski definition) is 1. The first kappa shape index (κ1) is 18.1. The molecule has 3 aromatic heterocycles. The van der Waals surface area contributed by atoms with Gasteiger partial charge in [0.25, 0.3) is 6.01 Å². The molecule has 152 valence electrons. The standard InChI is InChI=1S/C21H26N6O2/c28-18(23-14-21(6-7-21)15-27-11-3-9-24-27)12-16-4-2-10-26(13-16)20-25-19-17(29-20)5-1-8-22-19/h1,3,5,8-9,11,16H,2,4,6-7,10,12-15H2,(H,23,28). The number of hydrogen-bond acceptors (Lipinski definition) is 6. The second-order valence-electron chi connectivity index (χ2n) is 8.46. The third-order valence-corrected chi connectivity index (χ3v) is 6.09. The lowest BCUT2D eigenvalue weighted by atomic mass is 9.94. The topological polar surface area (TPSA) is 89.1 Å². The molecule has 1 unspecified atom stereocenters. The van der Waals surface area contributed by atoms with Crippen molar-refractivity contribution in [1.29, 1.82) is 0 Å². The van der Waals surface area contributed by atoms with Crippen LogP contribution in [0.15, 0.2) is 41.2 Å². The Labute approximate surface area is 169 Å². The largest absolute Gasteiger partial charge is 0.422 e. The molecule has 5 rings (SSSR count). The zero-order valence-corrected chi connectivity index (χ0v) is 16.5. The predicted octanol–water partition coefficient (Wildman–Crippen LogP) is 2.62. The van der Waals surface area contributed by atoms with Gasteiger partial charge in [-0.1, -0.05) is 0 Å². The SMILES string of the molecule is O=C(CC1CCCN(c2nc3ncccc3o2)C1)NCC1(Cn2cccn2)CC1. The van der Waals surface area contributed by atoms with Gasteiger partial charge in [0, 0.05) is 56.6 Å². The molecule has 1 aliphatic carbocycles. The van der Waals surface area contributed by atoms with Crippen LogP contribution in [0.5, 0.6) is 0 Å². The summed E-state index contributed by atoms with van der Waals surface area (Å²) < 4.78 is 7.82. The van der Waals surface area contributed by atoms with Gasteiger partial charge >= 0.3 is 0 Å². The van der Waals surface area contributed by atoms with Crippen LogP contribution < -0.4 is 10.2 Å². The molecule has 1 aliphatic heterocycles. The zero-order valence-electron chi connectivity index (χ0n) is 16.5. The Morgan fingerprint density at radius 1 is 1.31 bits per heavy atom. The minimum Gasteiger partial charge on any atom is -0.422 e. The Morgan fingerprint density at radius 2 is 2.24 bits per heavy atom. The number of anilines is 1. The van der Waals surface area contributed by atoms with Crippen molar-refractivity contribution in [2.24, 2.45) is 11.3 Å². The maximum atomic E-state index is 12.6. The fraction of sp³-hybridized carbons (Fsp3) is 0.524. The number of piperidine rings is 1. The number of nitrogens with one attached hydrogen (secondary N) is 1. The van der Waals surface area contributed by atoms with Gasteiger partial charge in [0.2, 0.25) is 11.6 Å². The molecule has 0 spiro atoms. The first-order valence-corrected chi connectivity index (χ1v) is 10.4. The van der Waals surface area contributed by atoms with E-state index in [2.05, 4.69) is 25.3 Å². The van der Waals surface area contributed by atoms with E-state index < -0.39 is 0 Å². The first-order valence-electron chi connectivity index (χ1n) is 10.4. The third-order valence-electron chi connectivity index (χ3n) is 6.09. The minimum absolute atomic E-state index is 0.142. The van der Waals surface area contributed by atoms with Gasteiger partial charge in [-0.15, -0.1) is 0 Å². The molecule has 2 fully saturated rings. The monoisotopic (exact) mass is 394 g/mol. The van der Waals surface area contributed by atoms with E-state index in [1.54, 1.807) is 12.4 Å². The number of nitrogens with zero attached hydrogens (tertiary/aromatic N) is 5. The zero-order chi connectivity index (χ0) is 19.7. The quantitative estimate of drug-likeness (QED) is 0.663. The summed E-state index contributed by atoms with van der Waals surface area (Å²) in [6.45, 7) is 3.30. The maximum absolute atomic E-state index is 12.6. The number of carbonyl (C=O) groups is 1. The second-order valence-corrected chi connectivity index (χ2v) is 8.46. The minimum atomic E-state index is 0.142. The summed E-state index contributed by atoms with van der Waals surface area (Å²) in [6, 6.07) is 6.28. The van der Waals surface area contributed by atoms with Gasteiger partial charge in [-0.2, -0.15) is 10.1 Å². The van der Waals surface area contributed by atoms with Gasteiger partial charge in [-0.25, -0.2) is 4.98 Å². The van der Waals surface area contributed by atoms with E-state index >= 15 is 0 Å². The molecule has 0 bridgehead atoms. The molecule has 8 nitrogen and oxygen atoms in total. The highest BCUT2D eigenvalue weighted by Crippen LogP contribution is 2.46. The molecule has 1 saturated heterocycles. The highest BCUT2D eigenvalue weighted by Gasteiger charge is 2.43. The number of pyridine rings is 1. The van der Waals surface area contributed by atoms with Crippen LogP contribution in [-0.4, -0.2) is 45.3 Å². The summed E-state index contributed by atoms with van der Waals surface area (Å²) in [7, 11) is 0. The molecule has 3 aromatic rings. The third kappa shape index (κ3) is 4.11. The highest BCUT2D eigenvalue weighted by atomic mass is 16.4. The summed E-state index contributed by atoms with van der Waals surface area (Å²) in [5, 5.41) is 7.47. The summed E-state index contributed by atoms with van der Waals surface area (Å²) in [6.07, 6.45) is 10.4. The van der Waals surface area contributed by atoms with Crippen molar-refractivity contribution < 1.29 is 9.21 Å². The molecule has 0 radical (unpaired) electrons. The number of fused-ring (bicyclic) bond motifs is 1. The van der Waals surface area contributed by atoms with Crippen molar-refractivity contribution in [3.63, 3.8) is 0 Å². The van der Waals surface area contributed by atoms with Gasteiger partial charge in [0.05, 0.1) is 0 Å². The normalized spacial score (nSPS) is 20.7. The van der Waals surface area contributed by atoms with E-state index in [0.717, 1.165) is 51.9 Å². The fourth-order valence-electron chi connectivity index (χ4n) is 4.22. The molecular weight excluding hydrogens is 368 g/mol. The Hall–Kier alpha value is -2.90. The van der Waals surface area contributed by atoms with Crippen molar-refractivity contribution in [2.75, 3.05) is 24.5 Å². The molecule has 4 heterocycles. The summed E-state index contributed by atoms with van der Waals surface area (Å²) >= 11 is 0. The van der Waals surface area contributed by atoms with Crippen LogP contribution in [0.25, 0.3) is 11.2 Å². The molecule has 1 saturated carbocycles. The molecule has 8 heteroatoms. The van der Waals surface area contributed by atoms with Crippen LogP contribution in [0.1, 0.15) is 32.1 Å². The van der Waals surface area contributed by atoms with Crippen molar-refractivity contribution in [3.8, 4) is 0 Å².